The number of fused-ring (bicyclic) bond motifs is 1. The van der Waals surface area contributed by atoms with Crippen LogP contribution in [0.3, 0.4) is 0 Å². The maximum Gasteiger partial charge on any atom is 0.259 e. The smallest absolute Gasteiger partial charge is 0.259 e. The first-order valence-electron chi connectivity index (χ1n) is 10.0. The lowest BCUT2D eigenvalue weighted by atomic mass is 10.1. The molecular formula is C20H20N8O2S2. The van der Waals surface area contributed by atoms with Gasteiger partial charge in [0.25, 0.3) is 5.91 Å². The van der Waals surface area contributed by atoms with E-state index >= 15 is 0 Å². The molecule has 12 heteroatoms. The van der Waals surface area contributed by atoms with Crippen LogP contribution in [-0.2, 0) is 9.53 Å². The molecule has 10 nitrogen and oxygen atoms in total. The molecule has 1 amide bonds. The average molecular weight is 469 g/mol. The maximum atomic E-state index is 12.6. The summed E-state index contributed by atoms with van der Waals surface area (Å²) in [5, 5.41) is 15.6. The molecule has 2 N–H and O–H groups in total. The van der Waals surface area contributed by atoms with Gasteiger partial charge in [0.1, 0.15) is 11.3 Å². The number of rotatable bonds is 7. The molecule has 0 saturated carbocycles. The van der Waals surface area contributed by atoms with Crippen molar-refractivity contribution in [2.75, 3.05) is 35.7 Å². The number of nitrogens with one attached hydrogen (secondary N) is 2. The van der Waals surface area contributed by atoms with E-state index in [4.69, 9.17) is 4.74 Å². The van der Waals surface area contributed by atoms with Crippen LogP contribution in [-0.4, -0.2) is 56.1 Å². The van der Waals surface area contributed by atoms with Gasteiger partial charge in [0.2, 0.25) is 10.3 Å². The molecule has 4 heterocycles. The minimum absolute atomic E-state index is 0.202. The Morgan fingerprint density at radius 2 is 2.00 bits per heavy atom. The minimum atomic E-state index is -0.711. The lowest BCUT2D eigenvalue weighted by Crippen LogP contribution is -2.26. The zero-order chi connectivity index (χ0) is 21.9. The number of nitrogens with zero attached hydrogens (tertiary/aromatic N) is 6. The highest BCUT2D eigenvalue weighted by molar-refractivity contribution is 7.19. The van der Waals surface area contributed by atoms with Gasteiger partial charge in [-0.25, -0.2) is 4.98 Å². The number of pyridine rings is 1. The Balaban J connectivity index is 1.19. The molecule has 32 heavy (non-hydrogen) atoms. The van der Waals surface area contributed by atoms with Crippen LogP contribution in [0.15, 0.2) is 42.5 Å². The normalized spacial score (nSPS) is 16.9. The first-order chi connectivity index (χ1) is 15.7. The zero-order valence-electron chi connectivity index (χ0n) is 17.1. The Kier molecular flexibility index (Phi) is 5.88. The highest BCUT2D eigenvalue weighted by atomic mass is 32.1. The molecule has 164 valence electrons. The number of aromatic nitrogens is 5. The second-order valence-electron chi connectivity index (χ2n) is 7.28. The van der Waals surface area contributed by atoms with Crippen LogP contribution in [0.1, 0.15) is 18.1 Å². The second-order valence-corrected chi connectivity index (χ2v) is 8.79. The fourth-order valence-electron chi connectivity index (χ4n) is 3.63. The van der Waals surface area contributed by atoms with Crippen LogP contribution in [0.5, 0.6) is 0 Å². The van der Waals surface area contributed by atoms with Crippen molar-refractivity contribution in [3.63, 3.8) is 0 Å². The summed E-state index contributed by atoms with van der Waals surface area (Å²) in [5.74, 6) is 0.609. The molecular weight excluding hydrogens is 448 g/mol. The highest BCUT2D eigenvalue weighted by Crippen LogP contribution is 2.27. The number of benzene rings is 1. The van der Waals surface area contributed by atoms with Crippen LogP contribution < -0.4 is 15.5 Å². The highest BCUT2D eigenvalue weighted by Gasteiger charge is 2.26. The number of carbonyl (C=O) groups excluding carboxylic acids is 1. The molecule has 0 spiro atoms. The second kappa shape index (κ2) is 9.10. The predicted octanol–water partition coefficient (Wildman–Crippen LogP) is 2.95. The maximum absolute atomic E-state index is 12.6. The van der Waals surface area contributed by atoms with Crippen LogP contribution in [0.2, 0.25) is 0 Å². The van der Waals surface area contributed by atoms with Crippen molar-refractivity contribution >= 4 is 56.2 Å². The molecule has 4 aromatic rings. The van der Waals surface area contributed by atoms with E-state index in [-0.39, 0.29) is 11.9 Å². The summed E-state index contributed by atoms with van der Waals surface area (Å²) in [6.07, 6.45) is 0.230. The van der Waals surface area contributed by atoms with Gasteiger partial charge in [-0.15, -0.1) is 10.2 Å². The Morgan fingerprint density at radius 1 is 1.16 bits per heavy atom. The summed E-state index contributed by atoms with van der Waals surface area (Å²) in [6.45, 7) is 1.67. The number of methoxy groups -OCH3 is 1. The predicted molar refractivity (Wildman–Crippen MR) is 124 cm³/mol. The van der Waals surface area contributed by atoms with Crippen LogP contribution in [0.25, 0.3) is 11.2 Å². The van der Waals surface area contributed by atoms with Crippen LogP contribution in [0.4, 0.5) is 16.1 Å². The van der Waals surface area contributed by atoms with Crippen molar-refractivity contribution in [3.05, 3.63) is 48.0 Å². The fraction of sp³-hybridized carbons (Fsp3) is 0.300. The van der Waals surface area contributed by atoms with Crippen molar-refractivity contribution in [2.45, 2.75) is 18.6 Å². The van der Waals surface area contributed by atoms with E-state index in [2.05, 4.69) is 39.5 Å². The first-order valence-corrected chi connectivity index (χ1v) is 11.6. The van der Waals surface area contributed by atoms with Gasteiger partial charge in [-0.3, -0.25) is 10.1 Å². The Hall–Kier alpha value is -3.22. The zero-order valence-corrected chi connectivity index (χ0v) is 18.8. The molecule has 3 aromatic heterocycles. The third-order valence-electron chi connectivity index (χ3n) is 5.18. The average Bonchev–Trinajstić information content (AvgIpc) is 3.56. The Bertz CT molecular complexity index is 1210. The van der Waals surface area contributed by atoms with Crippen molar-refractivity contribution in [3.8, 4) is 0 Å². The molecule has 1 aromatic carbocycles. The van der Waals surface area contributed by atoms with E-state index in [0.29, 0.717) is 15.9 Å². The standard InChI is InChI=1S/C20H20N8O2S2/c1-30-16(12-5-3-2-4-6-12)18(29)23-20-25-24-19(31-20)21-13-9-10-28(11-13)15-8-7-14-17(22-15)27-32-26-14/h2-8,13,16H,9-11H2,1H3,(H,21,24)(H,23,25,29)/t13-,16-/m1/s1. The molecule has 0 aliphatic carbocycles. The van der Waals surface area contributed by atoms with Gasteiger partial charge in [-0.1, -0.05) is 41.7 Å². The van der Waals surface area contributed by atoms with Gasteiger partial charge >= 0.3 is 0 Å². The number of hydrogen-bond donors (Lipinski definition) is 2. The number of carbonyl (C=O) groups is 1. The third-order valence-corrected chi connectivity index (χ3v) is 6.48. The molecule has 1 aliphatic rings. The Labute approximate surface area is 192 Å². The van der Waals surface area contributed by atoms with Crippen LogP contribution in [0, 0.1) is 0 Å². The van der Waals surface area contributed by atoms with E-state index in [1.807, 2.05) is 42.5 Å². The lowest BCUT2D eigenvalue weighted by molar-refractivity contribution is -0.126. The summed E-state index contributed by atoms with van der Waals surface area (Å²) >= 11 is 2.47. The summed E-state index contributed by atoms with van der Waals surface area (Å²) in [7, 11) is 1.51. The third kappa shape index (κ3) is 4.38. The summed E-state index contributed by atoms with van der Waals surface area (Å²) in [5.41, 5.74) is 2.28. The lowest BCUT2D eigenvalue weighted by Gasteiger charge is -2.17. The topological polar surface area (TPSA) is 118 Å². The quantitative estimate of drug-likeness (QED) is 0.422. The number of amides is 1. The monoisotopic (exact) mass is 468 g/mol. The summed E-state index contributed by atoms with van der Waals surface area (Å²) in [6, 6.07) is 13.5. The van der Waals surface area contributed by atoms with Gasteiger partial charge in [0.15, 0.2) is 11.8 Å². The molecule has 0 radical (unpaired) electrons. The molecule has 0 unspecified atom stereocenters. The fourth-order valence-corrected chi connectivity index (χ4v) is 4.84. The number of ether oxygens (including phenoxy) is 1. The Morgan fingerprint density at radius 3 is 2.84 bits per heavy atom. The summed E-state index contributed by atoms with van der Waals surface area (Å²) in [4.78, 5) is 19.4. The van der Waals surface area contributed by atoms with E-state index in [1.165, 1.54) is 30.2 Å². The van der Waals surface area contributed by atoms with Crippen molar-refractivity contribution in [1.82, 2.24) is 23.9 Å². The van der Waals surface area contributed by atoms with Gasteiger partial charge in [-0.05, 0) is 24.1 Å². The molecule has 1 aliphatic heterocycles. The SMILES string of the molecule is CO[C@@H](C(=O)Nc1nnc(N[C@@H]2CCN(c3ccc4nsnc4n3)C2)s1)c1ccccc1. The molecule has 1 fully saturated rings. The summed E-state index contributed by atoms with van der Waals surface area (Å²) < 4.78 is 13.8. The van der Waals surface area contributed by atoms with Gasteiger partial charge in [-0.2, -0.15) is 8.75 Å². The molecule has 5 rings (SSSR count). The van der Waals surface area contributed by atoms with Crippen molar-refractivity contribution in [2.24, 2.45) is 0 Å². The number of anilines is 3. The largest absolute Gasteiger partial charge is 0.367 e. The van der Waals surface area contributed by atoms with E-state index in [1.54, 1.807) is 0 Å². The van der Waals surface area contributed by atoms with Gasteiger partial charge in [0, 0.05) is 26.2 Å². The molecule has 1 saturated heterocycles. The molecule has 0 bridgehead atoms. The first kappa shape index (κ1) is 20.7. The van der Waals surface area contributed by atoms with E-state index < -0.39 is 6.10 Å². The van der Waals surface area contributed by atoms with E-state index in [0.717, 1.165) is 36.4 Å². The van der Waals surface area contributed by atoms with Crippen molar-refractivity contribution < 1.29 is 9.53 Å². The molecule has 2 atom stereocenters. The minimum Gasteiger partial charge on any atom is -0.367 e. The van der Waals surface area contributed by atoms with Gasteiger partial charge < -0.3 is 15.0 Å². The van der Waals surface area contributed by atoms with Gasteiger partial charge in [0.05, 0.1) is 11.7 Å². The van der Waals surface area contributed by atoms with Crippen LogP contribution >= 0.6 is 23.1 Å². The van der Waals surface area contributed by atoms with E-state index in [9.17, 15) is 4.79 Å². The number of hydrogen-bond acceptors (Lipinski definition) is 11. The van der Waals surface area contributed by atoms with Crippen molar-refractivity contribution in [1.29, 1.82) is 0 Å².